The summed E-state index contributed by atoms with van der Waals surface area (Å²) in [5.41, 5.74) is 2.56. The van der Waals surface area contributed by atoms with Gasteiger partial charge in [-0.05, 0) is 48.2 Å². The minimum atomic E-state index is -0.483. The summed E-state index contributed by atoms with van der Waals surface area (Å²) in [6.07, 6.45) is 7.46. The lowest BCUT2D eigenvalue weighted by atomic mass is 10.0. The maximum Gasteiger partial charge on any atom is 0.269 e. The third-order valence-corrected chi connectivity index (χ3v) is 7.95. The number of nitro benzene ring substituents is 1. The largest absolute Gasteiger partial charge is 0.346 e. The van der Waals surface area contributed by atoms with Crippen LogP contribution < -0.4 is 5.32 Å². The molecule has 0 aliphatic heterocycles. The molecule has 4 rings (SSSR count). The molecule has 1 aromatic heterocycles. The predicted molar refractivity (Wildman–Crippen MR) is 163 cm³/mol. The van der Waals surface area contributed by atoms with Crippen molar-refractivity contribution in [1.82, 2.24) is 20.1 Å². The summed E-state index contributed by atoms with van der Waals surface area (Å²) in [5.74, 6) is 0.690. The molecule has 220 valence electrons. The zero-order valence-corrected chi connectivity index (χ0v) is 24.6. The molecule has 10 heteroatoms. The first-order valence-corrected chi connectivity index (χ1v) is 15.3. The lowest BCUT2D eigenvalue weighted by Crippen LogP contribution is -2.31. The normalized spacial score (nSPS) is 11.8. The molecule has 0 aliphatic carbocycles. The van der Waals surface area contributed by atoms with Crippen LogP contribution >= 0.6 is 11.8 Å². The molecule has 0 spiro atoms. The van der Waals surface area contributed by atoms with E-state index in [-0.39, 0.29) is 17.4 Å². The number of rotatable bonds is 16. The quantitative estimate of drug-likeness (QED) is 0.0620. The van der Waals surface area contributed by atoms with Crippen LogP contribution in [0.1, 0.15) is 74.9 Å². The lowest BCUT2D eigenvalue weighted by Gasteiger charge is -2.20. The molecular formula is C32H36FN5O3S. The first-order valence-electron chi connectivity index (χ1n) is 14.3. The van der Waals surface area contributed by atoms with Crippen LogP contribution in [0.5, 0.6) is 0 Å². The number of aromatic nitrogens is 3. The van der Waals surface area contributed by atoms with Crippen molar-refractivity contribution in [3.8, 4) is 5.69 Å². The van der Waals surface area contributed by atoms with E-state index < -0.39 is 11.0 Å². The van der Waals surface area contributed by atoms with Gasteiger partial charge in [-0.15, -0.1) is 10.2 Å². The fraction of sp³-hybridized carbons (Fsp3) is 0.344. The second kappa shape index (κ2) is 15.8. The Kier molecular flexibility index (Phi) is 11.6. The molecule has 1 unspecified atom stereocenters. The van der Waals surface area contributed by atoms with E-state index in [0.29, 0.717) is 35.3 Å². The summed E-state index contributed by atoms with van der Waals surface area (Å²) in [5, 5.41) is 24.1. The molecule has 3 aromatic carbocycles. The zero-order valence-electron chi connectivity index (χ0n) is 23.7. The zero-order chi connectivity index (χ0) is 29.7. The van der Waals surface area contributed by atoms with Crippen LogP contribution in [0, 0.1) is 15.9 Å². The summed E-state index contributed by atoms with van der Waals surface area (Å²) in [6, 6.07) is 21.8. The van der Waals surface area contributed by atoms with Crippen molar-refractivity contribution in [1.29, 1.82) is 0 Å². The van der Waals surface area contributed by atoms with Gasteiger partial charge < -0.3 is 5.32 Å². The number of amides is 1. The summed E-state index contributed by atoms with van der Waals surface area (Å²) in [6.45, 7) is 2.18. The summed E-state index contributed by atoms with van der Waals surface area (Å²) in [7, 11) is 0. The van der Waals surface area contributed by atoms with Gasteiger partial charge in [0.2, 0.25) is 5.91 Å². The smallest absolute Gasteiger partial charge is 0.269 e. The Labute approximate surface area is 249 Å². The summed E-state index contributed by atoms with van der Waals surface area (Å²) < 4.78 is 15.3. The molecule has 0 aliphatic rings. The Morgan fingerprint density at radius 2 is 1.62 bits per heavy atom. The molecular weight excluding hydrogens is 553 g/mol. The molecule has 1 heterocycles. The van der Waals surface area contributed by atoms with Crippen LogP contribution in [0.3, 0.4) is 0 Å². The summed E-state index contributed by atoms with van der Waals surface area (Å²) >= 11 is 1.42. The Balaban J connectivity index is 1.62. The topological polar surface area (TPSA) is 103 Å². The van der Waals surface area contributed by atoms with E-state index in [1.807, 2.05) is 34.9 Å². The van der Waals surface area contributed by atoms with Crippen molar-refractivity contribution in [2.45, 2.75) is 75.2 Å². The number of carbonyl (C=O) groups is 1. The maximum atomic E-state index is 13.4. The monoisotopic (exact) mass is 589 g/mol. The molecule has 1 atom stereocenters. The minimum Gasteiger partial charge on any atom is -0.346 e. The molecule has 0 radical (unpaired) electrons. The van der Waals surface area contributed by atoms with Gasteiger partial charge in [-0.25, -0.2) is 4.39 Å². The van der Waals surface area contributed by atoms with Gasteiger partial charge in [0.05, 0.1) is 11.0 Å². The number of carbonyl (C=O) groups excluding carboxylic acids is 1. The molecule has 1 N–H and O–H groups in total. The molecule has 4 aromatic rings. The number of hydrogen-bond donors (Lipinski definition) is 1. The van der Waals surface area contributed by atoms with Crippen molar-refractivity contribution < 1.29 is 14.1 Å². The first-order chi connectivity index (χ1) is 20.4. The Morgan fingerprint density at radius 3 is 2.31 bits per heavy atom. The molecule has 0 saturated heterocycles. The van der Waals surface area contributed by atoms with E-state index in [2.05, 4.69) is 22.4 Å². The molecule has 0 bridgehead atoms. The summed E-state index contributed by atoms with van der Waals surface area (Å²) in [4.78, 5) is 24.0. The van der Waals surface area contributed by atoms with Gasteiger partial charge in [0.15, 0.2) is 11.0 Å². The number of halogens is 1. The van der Waals surface area contributed by atoms with Crippen molar-refractivity contribution >= 4 is 23.4 Å². The van der Waals surface area contributed by atoms with E-state index in [9.17, 15) is 19.3 Å². The van der Waals surface area contributed by atoms with Crippen LogP contribution in [0.2, 0.25) is 0 Å². The molecule has 0 fully saturated rings. The first kappa shape index (κ1) is 30.9. The highest BCUT2D eigenvalue weighted by atomic mass is 32.2. The fourth-order valence-electron chi connectivity index (χ4n) is 4.68. The standard InChI is InChI=1S/C32H36FN5O3S/c1-2-3-4-5-6-10-13-30(39)34-29(22-24-11-8-7-9-12-24)31-35-36-32(42-23-25-14-16-26(33)17-15-25)37(31)27-18-20-28(21-19-27)38(40)41/h7-9,11-12,14-21,29H,2-6,10,13,22-23H2,1H3,(H,34,39). The van der Waals surface area contributed by atoms with Crippen molar-refractivity contribution in [2.75, 3.05) is 0 Å². The van der Waals surface area contributed by atoms with Gasteiger partial charge >= 0.3 is 0 Å². The number of non-ortho nitro benzene ring substituents is 1. The number of nitro groups is 1. The van der Waals surface area contributed by atoms with Crippen molar-refractivity contribution in [3.05, 3.63) is 112 Å². The van der Waals surface area contributed by atoms with Crippen LogP contribution in [0.4, 0.5) is 10.1 Å². The van der Waals surface area contributed by atoms with E-state index in [1.165, 1.54) is 55.3 Å². The molecule has 42 heavy (non-hydrogen) atoms. The van der Waals surface area contributed by atoms with Gasteiger partial charge in [0, 0.05) is 30.0 Å². The van der Waals surface area contributed by atoms with Crippen LogP contribution in [0.15, 0.2) is 84.0 Å². The van der Waals surface area contributed by atoms with Crippen LogP contribution in [0.25, 0.3) is 5.69 Å². The number of nitrogens with zero attached hydrogens (tertiary/aromatic N) is 4. The van der Waals surface area contributed by atoms with Gasteiger partial charge in [0.1, 0.15) is 5.82 Å². The van der Waals surface area contributed by atoms with E-state index in [1.54, 1.807) is 24.3 Å². The lowest BCUT2D eigenvalue weighted by molar-refractivity contribution is -0.384. The number of unbranched alkanes of at least 4 members (excludes halogenated alkanes) is 5. The number of nitrogens with one attached hydrogen (secondary N) is 1. The Bertz CT molecular complexity index is 1430. The highest BCUT2D eigenvalue weighted by Gasteiger charge is 2.25. The third-order valence-electron chi connectivity index (χ3n) is 6.95. The van der Waals surface area contributed by atoms with E-state index in [4.69, 9.17) is 0 Å². The van der Waals surface area contributed by atoms with Crippen LogP contribution in [-0.2, 0) is 17.0 Å². The average molecular weight is 590 g/mol. The van der Waals surface area contributed by atoms with Gasteiger partial charge in [-0.3, -0.25) is 19.5 Å². The van der Waals surface area contributed by atoms with Crippen LogP contribution in [-0.4, -0.2) is 25.6 Å². The Hall–Kier alpha value is -4.05. The number of hydrogen-bond acceptors (Lipinski definition) is 6. The van der Waals surface area contributed by atoms with Crippen molar-refractivity contribution in [2.24, 2.45) is 0 Å². The molecule has 0 saturated carbocycles. The third kappa shape index (κ3) is 8.97. The van der Waals surface area contributed by atoms with Gasteiger partial charge in [0.25, 0.3) is 5.69 Å². The average Bonchev–Trinajstić information content (AvgIpc) is 3.43. The predicted octanol–water partition coefficient (Wildman–Crippen LogP) is 7.76. The van der Waals surface area contributed by atoms with Crippen molar-refractivity contribution in [3.63, 3.8) is 0 Å². The maximum absolute atomic E-state index is 13.4. The minimum absolute atomic E-state index is 0.0260. The van der Waals surface area contributed by atoms with Gasteiger partial charge in [-0.2, -0.15) is 0 Å². The number of benzene rings is 3. The van der Waals surface area contributed by atoms with Gasteiger partial charge in [-0.1, -0.05) is 93.3 Å². The fourth-order valence-corrected chi connectivity index (χ4v) is 5.60. The highest BCUT2D eigenvalue weighted by molar-refractivity contribution is 7.98. The SMILES string of the molecule is CCCCCCCCC(=O)NC(Cc1ccccc1)c1nnc(SCc2ccc(F)cc2)n1-c1ccc([N+](=O)[O-])cc1. The second-order valence-corrected chi connectivity index (χ2v) is 11.1. The second-order valence-electron chi connectivity index (χ2n) is 10.2. The molecule has 1 amide bonds. The van der Waals surface area contributed by atoms with E-state index >= 15 is 0 Å². The van der Waals surface area contributed by atoms with E-state index in [0.717, 1.165) is 30.4 Å². The highest BCUT2D eigenvalue weighted by Crippen LogP contribution is 2.30. The Morgan fingerprint density at radius 1 is 0.929 bits per heavy atom. The molecule has 8 nitrogen and oxygen atoms in total. The number of thioether (sulfide) groups is 1.